The number of carbonyl (C=O) groups is 1. The fourth-order valence-electron chi connectivity index (χ4n) is 1.71. The number of carbonyl (C=O) groups excluding carboxylic acids is 1. The summed E-state index contributed by atoms with van der Waals surface area (Å²) in [5, 5.41) is 6.08. The van der Waals surface area contributed by atoms with Gasteiger partial charge in [-0.1, -0.05) is 44.0 Å². The van der Waals surface area contributed by atoms with E-state index < -0.39 is 0 Å². The number of benzene rings is 2. The molecule has 0 aliphatic heterocycles. The first-order valence-electron chi connectivity index (χ1n) is 6.18. The predicted octanol–water partition coefficient (Wildman–Crippen LogP) is 4.65. The van der Waals surface area contributed by atoms with Gasteiger partial charge in [-0.3, -0.25) is 4.79 Å². The molecule has 0 fully saturated rings. The second-order valence-electron chi connectivity index (χ2n) is 4.25. The van der Waals surface area contributed by atoms with Crippen LogP contribution in [-0.2, 0) is 4.79 Å². The van der Waals surface area contributed by atoms with E-state index in [1.54, 1.807) is 0 Å². The Bertz CT molecular complexity index is 602. The van der Waals surface area contributed by atoms with E-state index in [0.29, 0.717) is 13.0 Å². The predicted molar refractivity (Wildman–Crippen MR) is 90.0 cm³/mol. The summed E-state index contributed by atoms with van der Waals surface area (Å²) < 4.78 is 1.96. The Labute approximate surface area is 135 Å². The van der Waals surface area contributed by atoms with Crippen LogP contribution in [0.15, 0.2) is 57.5 Å². The number of amides is 1. The maximum Gasteiger partial charge on any atom is 0.226 e. The Balaban J connectivity index is 1.78. The van der Waals surface area contributed by atoms with Gasteiger partial charge in [0.15, 0.2) is 0 Å². The highest BCUT2D eigenvalue weighted by Gasteiger charge is 2.02. The molecule has 0 saturated carbocycles. The van der Waals surface area contributed by atoms with E-state index in [1.165, 1.54) is 0 Å². The van der Waals surface area contributed by atoms with Crippen molar-refractivity contribution in [2.75, 3.05) is 17.2 Å². The summed E-state index contributed by atoms with van der Waals surface area (Å²) in [6.45, 7) is 0.594. The van der Waals surface area contributed by atoms with Crippen molar-refractivity contribution in [3.63, 3.8) is 0 Å². The average molecular weight is 398 g/mol. The standard InChI is InChI=1S/C15H14Br2N2O/c16-11-3-1-5-13(9-11)18-8-7-15(20)19-14-6-2-4-12(17)10-14/h1-6,9-10,18H,7-8H2,(H,19,20). The van der Waals surface area contributed by atoms with Crippen molar-refractivity contribution in [3.8, 4) is 0 Å². The molecule has 2 rings (SSSR count). The topological polar surface area (TPSA) is 41.1 Å². The maximum absolute atomic E-state index is 11.8. The highest BCUT2D eigenvalue weighted by atomic mass is 79.9. The molecule has 3 nitrogen and oxygen atoms in total. The van der Waals surface area contributed by atoms with Gasteiger partial charge in [0.25, 0.3) is 0 Å². The van der Waals surface area contributed by atoms with Gasteiger partial charge in [-0.05, 0) is 36.4 Å². The third-order valence-corrected chi connectivity index (χ3v) is 3.60. The molecule has 0 radical (unpaired) electrons. The van der Waals surface area contributed by atoms with Crippen LogP contribution in [0.3, 0.4) is 0 Å². The Morgan fingerprint density at radius 3 is 2.20 bits per heavy atom. The van der Waals surface area contributed by atoms with Crippen LogP contribution < -0.4 is 10.6 Å². The molecule has 1 amide bonds. The van der Waals surface area contributed by atoms with Crippen molar-refractivity contribution in [2.24, 2.45) is 0 Å². The number of anilines is 2. The Hall–Kier alpha value is -1.33. The highest BCUT2D eigenvalue weighted by molar-refractivity contribution is 9.10. The minimum absolute atomic E-state index is 0.00871. The number of halogens is 2. The van der Waals surface area contributed by atoms with Crippen LogP contribution in [0, 0.1) is 0 Å². The van der Waals surface area contributed by atoms with Crippen LogP contribution in [0.1, 0.15) is 6.42 Å². The summed E-state index contributed by atoms with van der Waals surface area (Å²) in [6.07, 6.45) is 0.416. The molecular formula is C15H14Br2N2O. The van der Waals surface area contributed by atoms with Gasteiger partial charge in [-0.15, -0.1) is 0 Å². The highest BCUT2D eigenvalue weighted by Crippen LogP contribution is 2.17. The van der Waals surface area contributed by atoms with Crippen molar-refractivity contribution in [1.82, 2.24) is 0 Å². The Kier molecular flexibility index (Phi) is 5.61. The van der Waals surface area contributed by atoms with E-state index in [-0.39, 0.29) is 5.91 Å². The number of hydrogen-bond acceptors (Lipinski definition) is 2. The summed E-state index contributed by atoms with van der Waals surface area (Å²) in [5.74, 6) is -0.00871. The summed E-state index contributed by atoms with van der Waals surface area (Å²) in [4.78, 5) is 11.8. The lowest BCUT2D eigenvalue weighted by Crippen LogP contribution is -2.16. The zero-order valence-electron chi connectivity index (χ0n) is 10.7. The zero-order valence-corrected chi connectivity index (χ0v) is 13.9. The molecule has 0 bridgehead atoms. The fraction of sp³-hybridized carbons (Fsp3) is 0.133. The third-order valence-electron chi connectivity index (χ3n) is 2.61. The third kappa shape index (κ3) is 4.98. The quantitative estimate of drug-likeness (QED) is 0.770. The molecule has 2 aromatic rings. The average Bonchev–Trinajstić information content (AvgIpc) is 2.38. The molecule has 0 heterocycles. The molecule has 0 saturated heterocycles. The lowest BCUT2D eigenvalue weighted by atomic mass is 10.3. The molecular weight excluding hydrogens is 384 g/mol. The molecule has 0 aromatic heterocycles. The van der Waals surface area contributed by atoms with Crippen LogP contribution in [0.2, 0.25) is 0 Å². The van der Waals surface area contributed by atoms with E-state index in [2.05, 4.69) is 42.5 Å². The molecule has 104 valence electrons. The molecule has 0 aliphatic carbocycles. The smallest absolute Gasteiger partial charge is 0.226 e. The lowest BCUT2D eigenvalue weighted by Gasteiger charge is -2.08. The van der Waals surface area contributed by atoms with Gasteiger partial charge in [0, 0.05) is 33.3 Å². The van der Waals surface area contributed by atoms with Gasteiger partial charge in [0.1, 0.15) is 0 Å². The molecule has 0 aliphatic rings. The Morgan fingerprint density at radius 2 is 1.55 bits per heavy atom. The molecule has 5 heteroatoms. The van der Waals surface area contributed by atoms with Crippen LogP contribution in [0.25, 0.3) is 0 Å². The molecule has 2 aromatic carbocycles. The van der Waals surface area contributed by atoms with E-state index in [9.17, 15) is 4.79 Å². The molecule has 0 unspecified atom stereocenters. The van der Waals surface area contributed by atoms with E-state index >= 15 is 0 Å². The van der Waals surface area contributed by atoms with Crippen molar-refractivity contribution in [2.45, 2.75) is 6.42 Å². The van der Waals surface area contributed by atoms with Crippen LogP contribution in [0.4, 0.5) is 11.4 Å². The summed E-state index contributed by atoms with van der Waals surface area (Å²) in [5.41, 5.74) is 1.79. The van der Waals surface area contributed by atoms with E-state index in [0.717, 1.165) is 20.3 Å². The minimum atomic E-state index is -0.00871. The monoisotopic (exact) mass is 396 g/mol. The second-order valence-corrected chi connectivity index (χ2v) is 6.08. The van der Waals surface area contributed by atoms with Crippen molar-refractivity contribution in [1.29, 1.82) is 0 Å². The van der Waals surface area contributed by atoms with Crippen molar-refractivity contribution >= 4 is 49.1 Å². The zero-order chi connectivity index (χ0) is 14.4. The second kappa shape index (κ2) is 7.45. The van der Waals surface area contributed by atoms with Gasteiger partial charge in [0.05, 0.1) is 0 Å². The van der Waals surface area contributed by atoms with Gasteiger partial charge in [-0.25, -0.2) is 0 Å². The molecule has 2 N–H and O–H groups in total. The number of nitrogens with one attached hydrogen (secondary N) is 2. The molecule has 0 spiro atoms. The maximum atomic E-state index is 11.8. The molecule has 0 atom stereocenters. The Morgan fingerprint density at radius 1 is 0.950 bits per heavy atom. The van der Waals surface area contributed by atoms with Crippen molar-refractivity contribution < 1.29 is 4.79 Å². The van der Waals surface area contributed by atoms with Gasteiger partial charge < -0.3 is 10.6 Å². The van der Waals surface area contributed by atoms with Gasteiger partial charge in [-0.2, -0.15) is 0 Å². The summed E-state index contributed by atoms with van der Waals surface area (Å²) in [7, 11) is 0. The first-order chi connectivity index (χ1) is 9.63. The van der Waals surface area contributed by atoms with Crippen molar-refractivity contribution in [3.05, 3.63) is 57.5 Å². The van der Waals surface area contributed by atoms with Gasteiger partial charge >= 0.3 is 0 Å². The van der Waals surface area contributed by atoms with Gasteiger partial charge in [0.2, 0.25) is 5.91 Å². The molecule has 20 heavy (non-hydrogen) atoms. The summed E-state index contributed by atoms with van der Waals surface area (Å²) in [6, 6.07) is 15.4. The van der Waals surface area contributed by atoms with Crippen LogP contribution >= 0.6 is 31.9 Å². The van der Waals surface area contributed by atoms with Crippen LogP contribution in [-0.4, -0.2) is 12.5 Å². The SMILES string of the molecule is O=C(CCNc1cccc(Br)c1)Nc1cccc(Br)c1. The normalized spacial score (nSPS) is 10.1. The van der Waals surface area contributed by atoms with E-state index in [1.807, 2.05) is 48.5 Å². The lowest BCUT2D eigenvalue weighted by molar-refractivity contribution is -0.115. The first-order valence-corrected chi connectivity index (χ1v) is 7.77. The number of rotatable bonds is 5. The first kappa shape index (κ1) is 15.1. The largest absolute Gasteiger partial charge is 0.384 e. The summed E-state index contributed by atoms with van der Waals surface area (Å²) >= 11 is 6.78. The fourth-order valence-corrected chi connectivity index (χ4v) is 2.51. The van der Waals surface area contributed by atoms with E-state index in [4.69, 9.17) is 0 Å². The number of hydrogen-bond donors (Lipinski definition) is 2. The minimum Gasteiger partial charge on any atom is -0.384 e. The van der Waals surface area contributed by atoms with Crippen LogP contribution in [0.5, 0.6) is 0 Å².